The first-order chi connectivity index (χ1) is 14.9. The van der Waals surface area contributed by atoms with Gasteiger partial charge >= 0.3 is 0 Å². The molecule has 0 aliphatic carbocycles. The van der Waals surface area contributed by atoms with E-state index in [1.165, 1.54) is 11.1 Å². The molecule has 0 N–H and O–H groups in total. The van der Waals surface area contributed by atoms with Crippen molar-refractivity contribution in [3.63, 3.8) is 0 Å². The molecular weight excluding hydrogens is 406 g/mol. The molecule has 0 radical (unpaired) electrons. The monoisotopic (exact) mass is 424 g/mol. The van der Waals surface area contributed by atoms with E-state index >= 15 is 0 Å². The van der Waals surface area contributed by atoms with Crippen molar-refractivity contribution in [1.29, 1.82) is 0 Å². The Balaban J connectivity index is 1.39. The lowest BCUT2D eigenvalue weighted by Crippen LogP contribution is -2.42. The number of aromatic nitrogens is 5. The molecule has 1 aliphatic rings. The second-order valence-electron chi connectivity index (χ2n) is 7.51. The molecule has 1 fully saturated rings. The van der Waals surface area contributed by atoms with E-state index in [4.69, 9.17) is 4.52 Å². The standard InChI is InChI=1S/C21H18F2N6O2/c1-13-26-18(27-31-13)17-3-2-16(12-24-17)29-7-4-14-10-15(11-25-19(14)29)20(30)28-8-5-21(22,23)6-9-28/h2-4,7,10-12H,5-6,8-9H2,1H3. The zero-order chi connectivity index (χ0) is 21.6. The van der Waals surface area contributed by atoms with E-state index in [0.29, 0.717) is 28.6 Å². The molecule has 0 bridgehead atoms. The van der Waals surface area contributed by atoms with Crippen LogP contribution >= 0.6 is 0 Å². The number of nitrogens with zero attached hydrogens (tertiary/aromatic N) is 6. The highest BCUT2D eigenvalue weighted by atomic mass is 19.3. The number of carbonyl (C=O) groups excluding carboxylic acids is 1. The Hall–Kier alpha value is -3.69. The SMILES string of the molecule is Cc1nc(-c2ccc(-n3ccc4cc(C(=O)N5CCC(F)(F)CC5)cnc43)cn2)no1. The molecule has 5 heterocycles. The van der Waals surface area contributed by atoms with Crippen molar-refractivity contribution in [2.24, 2.45) is 0 Å². The number of amides is 1. The summed E-state index contributed by atoms with van der Waals surface area (Å²) in [4.78, 5) is 27.2. The van der Waals surface area contributed by atoms with Gasteiger partial charge in [-0.25, -0.2) is 13.8 Å². The van der Waals surface area contributed by atoms with Crippen LogP contribution < -0.4 is 0 Å². The summed E-state index contributed by atoms with van der Waals surface area (Å²) in [6.45, 7) is 1.80. The van der Waals surface area contributed by atoms with Crippen LogP contribution in [0.1, 0.15) is 29.1 Å². The Bertz CT molecular complexity index is 1250. The lowest BCUT2D eigenvalue weighted by Gasteiger charge is -2.31. The van der Waals surface area contributed by atoms with E-state index in [1.54, 1.807) is 25.3 Å². The summed E-state index contributed by atoms with van der Waals surface area (Å²) in [5, 5.41) is 4.63. The van der Waals surface area contributed by atoms with Crippen LogP contribution in [-0.4, -0.2) is 54.5 Å². The van der Waals surface area contributed by atoms with Gasteiger partial charge in [-0.15, -0.1) is 0 Å². The topological polar surface area (TPSA) is 89.9 Å². The first-order valence-corrected chi connectivity index (χ1v) is 9.81. The van der Waals surface area contributed by atoms with E-state index in [-0.39, 0.29) is 31.8 Å². The Labute approximate surface area is 175 Å². The van der Waals surface area contributed by atoms with Crippen LogP contribution in [0.15, 0.2) is 47.4 Å². The van der Waals surface area contributed by atoms with Crippen molar-refractivity contribution in [3.05, 3.63) is 54.3 Å². The molecule has 0 spiro atoms. The fourth-order valence-electron chi connectivity index (χ4n) is 3.63. The van der Waals surface area contributed by atoms with Crippen molar-refractivity contribution in [1.82, 2.24) is 29.6 Å². The number of hydrogen-bond donors (Lipinski definition) is 0. The molecule has 1 amide bonds. The third-order valence-corrected chi connectivity index (χ3v) is 5.34. The zero-order valence-electron chi connectivity index (χ0n) is 16.6. The molecule has 10 heteroatoms. The number of likely N-dealkylation sites (tertiary alicyclic amines) is 1. The van der Waals surface area contributed by atoms with Gasteiger partial charge in [0.1, 0.15) is 11.3 Å². The number of rotatable bonds is 3. The van der Waals surface area contributed by atoms with Gasteiger partial charge in [0.05, 0.1) is 17.4 Å². The van der Waals surface area contributed by atoms with Gasteiger partial charge in [-0.2, -0.15) is 4.98 Å². The summed E-state index contributed by atoms with van der Waals surface area (Å²) < 4.78 is 33.6. The second-order valence-corrected chi connectivity index (χ2v) is 7.51. The highest BCUT2D eigenvalue weighted by Gasteiger charge is 2.35. The van der Waals surface area contributed by atoms with Crippen LogP contribution in [-0.2, 0) is 0 Å². The molecule has 8 nitrogen and oxygen atoms in total. The number of halogens is 2. The van der Waals surface area contributed by atoms with E-state index in [9.17, 15) is 13.6 Å². The van der Waals surface area contributed by atoms with E-state index in [1.807, 2.05) is 22.9 Å². The van der Waals surface area contributed by atoms with Gasteiger partial charge in [-0.05, 0) is 24.3 Å². The van der Waals surface area contributed by atoms with E-state index in [0.717, 1.165) is 11.1 Å². The van der Waals surface area contributed by atoms with Crippen LogP contribution in [0.25, 0.3) is 28.2 Å². The number of alkyl halides is 2. The van der Waals surface area contributed by atoms with Gasteiger partial charge in [0.2, 0.25) is 11.7 Å². The van der Waals surface area contributed by atoms with Gasteiger partial charge in [0.15, 0.2) is 0 Å². The van der Waals surface area contributed by atoms with Crippen molar-refractivity contribution >= 4 is 16.9 Å². The average Bonchev–Trinajstić information content (AvgIpc) is 3.39. The molecule has 0 saturated carbocycles. The Morgan fingerprint density at radius 3 is 2.61 bits per heavy atom. The maximum absolute atomic E-state index is 13.4. The fraction of sp³-hybridized carbons (Fsp3) is 0.286. The first kappa shape index (κ1) is 19.3. The summed E-state index contributed by atoms with van der Waals surface area (Å²) in [6.07, 6.45) is 4.38. The van der Waals surface area contributed by atoms with Crippen LogP contribution in [0.2, 0.25) is 0 Å². The van der Waals surface area contributed by atoms with Crippen LogP contribution in [0, 0.1) is 6.92 Å². The van der Waals surface area contributed by atoms with E-state index in [2.05, 4.69) is 20.1 Å². The third kappa shape index (κ3) is 3.65. The fourth-order valence-corrected chi connectivity index (χ4v) is 3.63. The Morgan fingerprint density at radius 2 is 1.94 bits per heavy atom. The number of carbonyl (C=O) groups is 1. The Morgan fingerprint density at radius 1 is 1.13 bits per heavy atom. The molecule has 5 rings (SSSR count). The average molecular weight is 424 g/mol. The predicted molar refractivity (Wildman–Crippen MR) is 107 cm³/mol. The zero-order valence-corrected chi connectivity index (χ0v) is 16.6. The molecule has 1 aliphatic heterocycles. The highest BCUT2D eigenvalue weighted by molar-refractivity contribution is 5.97. The first-order valence-electron chi connectivity index (χ1n) is 9.81. The minimum atomic E-state index is -2.69. The summed E-state index contributed by atoms with van der Waals surface area (Å²) in [5.41, 5.74) is 2.41. The summed E-state index contributed by atoms with van der Waals surface area (Å²) in [6, 6.07) is 7.23. The Kier molecular flexibility index (Phi) is 4.49. The van der Waals surface area contributed by atoms with Gasteiger partial charge in [0, 0.05) is 50.6 Å². The van der Waals surface area contributed by atoms with Crippen LogP contribution in [0.4, 0.5) is 8.78 Å². The predicted octanol–water partition coefficient (Wildman–Crippen LogP) is 3.65. The normalized spacial score (nSPS) is 16.0. The summed E-state index contributed by atoms with van der Waals surface area (Å²) in [7, 11) is 0. The minimum Gasteiger partial charge on any atom is -0.339 e. The molecule has 1 saturated heterocycles. The number of pyridine rings is 2. The van der Waals surface area contributed by atoms with Crippen LogP contribution in [0.3, 0.4) is 0 Å². The molecular formula is C21H18F2N6O2. The molecule has 0 unspecified atom stereocenters. The highest BCUT2D eigenvalue weighted by Crippen LogP contribution is 2.29. The maximum atomic E-state index is 13.4. The van der Waals surface area contributed by atoms with E-state index < -0.39 is 5.92 Å². The van der Waals surface area contributed by atoms with Crippen molar-refractivity contribution < 1.29 is 18.1 Å². The summed E-state index contributed by atoms with van der Waals surface area (Å²) in [5.74, 6) is -2.09. The van der Waals surface area contributed by atoms with Gasteiger partial charge in [-0.3, -0.25) is 14.3 Å². The van der Waals surface area contributed by atoms with Gasteiger partial charge in [0.25, 0.3) is 11.8 Å². The third-order valence-electron chi connectivity index (χ3n) is 5.34. The maximum Gasteiger partial charge on any atom is 0.255 e. The largest absolute Gasteiger partial charge is 0.339 e. The number of fused-ring (bicyclic) bond motifs is 1. The number of piperidine rings is 1. The lowest BCUT2D eigenvalue weighted by molar-refractivity contribution is -0.0494. The number of aryl methyl sites for hydroxylation is 1. The van der Waals surface area contributed by atoms with Crippen molar-refractivity contribution in [3.8, 4) is 17.2 Å². The molecule has 158 valence electrons. The van der Waals surface area contributed by atoms with Gasteiger partial charge < -0.3 is 9.42 Å². The van der Waals surface area contributed by atoms with Crippen molar-refractivity contribution in [2.45, 2.75) is 25.7 Å². The lowest BCUT2D eigenvalue weighted by atomic mass is 10.1. The van der Waals surface area contributed by atoms with Crippen molar-refractivity contribution in [2.75, 3.05) is 13.1 Å². The second kappa shape index (κ2) is 7.22. The quantitative estimate of drug-likeness (QED) is 0.499. The summed E-state index contributed by atoms with van der Waals surface area (Å²) >= 11 is 0. The number of hydrogen-bond acceptors (Lipinski definition) is 6. The molecule has 31 heavy (non-hydrogen) atoms. The molecule has 0 atom stereocenters. The molecule has 4 aromatic heterocycles. The smallest absolute Gasteiger partial charge is 0.255 e. The molecule has 0 aromatic carbocycles. The van der Waals surface area contributed by atoms with Gasteiger partial charge in [-0.1, -0.05) is 5.16 Å². The van der Waals surface area contributed by atoms with Crippen LogP contribution in [0.5, 0.6) is 0 Å². The minimum absolute atomic E-state index is 0.0444. The molecule has 4 aromatic rings.